The average Bonchev–Trinajstić information content (AvgIpc) is 2.53. The molecule has 3 rings (SSSR count). The number of rotatable bonds is 3. The van der Waals surface area contributed by atoms with Gasteiger partial charge in [0, 0.05) is 37.6 Å². The Labute approximate surface area is 139 Å². The lowest BCUT2D eigenvalue weighted by Crippen LogP contribution is -2.46. The molecular weight excluding hydrogens is 323 g/mol. The molecule has 1 fully saturated rings. The van der Waals surface area contributed by atoms with Crippen LogP contribution in [-0.2, 0) is 0 Å². The molecule has 0 spiro atoms. The average molecular weight is 341 g/mol. The molecule has 0 aliphatic carbocycles. The third kappa shape index (κ3) is 2.93. The van der Waals surface area contributed by atoms with Gasteiger partial charge in [0.25, 0.3) is 0 Å². The first-order valence-electron chi connectivity index (χ1n) is 7.30. The third-order valence-corrected chi connectivity index (χ3v) is 4.54. The monoisotopic (exact) mass is 340 g/mol. The Morgan fingerprint density at radius 3 is 2.50 bits per heavy atom. The maximum absolute atomic E-state index is 6.21. The minimum atomic E-state index is 0.142. The molecule has 2 aromatic rings. The van der Waals surface area contributed by atoms with Crippen LogP contribution in [0.3, 0.4) is 0 Å². The largest absolute Gasteiger partial charge is 0.495 e. The van der Waals surface area contributed by atoms with Gasteiger partial charge in [0.05, 0.1) is 18.3 Å². The van der Waals surface area contributed by atoms with Crippen LogP contribution in [0.1, 0.15) is 6.92 Å². The molecule has 2 heterocycles. The quantitative estimate of drug-likeness (QED) is 0.634. The molecule has 0 radical (unpaired) electrons. The minimum Gasteiger partial charge on any atom is -0.495 e. The van der Waals surface area contributed by atoms with E-state index in [4.69, 9.17) is 27.9 Å². The highest BCUT2D eigenvalue weighted by Gasteiger charge is 2.20. The summed E-state index contributed by atoms with van der Waals surface area (Å²) >= 11 is 12.1. The second kappa shape index (κ2) is 6.44. The molecule has 1 aromatic heterocycles. The van der Waals surface area contributed by atoms with Crippen molar-refractivity contribution >= 4 is 39.8 Å². The van der Waals surface area contributed by atoms with Gasteiger partial charge in [0.15, 0.2) is 0 Å². The van der Waals surface area contributed by atoms with Crippen LogP contribution in [0.2, 0.25) is 10.4 Å². The summed E-state index contributed by atoms with van der Waals surface area (Å²) in [6, 6.07) is 3.87. The van der Waals surface area contributed by atoms with Crippen LogP contribution in [-0.4, -0.2) is 54.7 Å². The first-order chi connectivity index (χ1) is 10.6. The van der Waals surface area contributed by atoms with E-state index in [1.807, 2.05) is 12.1 Å². The summed E-state index contributed by atoms with van der Waals surface area (Å²) < 4.78 is 5.54. The zero-order valence-electron chi connectivity index (χ0n) is 12.6. The zero-order valence-corrected chi connectivity index (χ0v) is 14.2. The summed E-state index contributed by atoms with van der Waals surface area (Å²) in [6.45, 7) is 7.28. The SMILES string of the molecule is CCN1CCN(c2cc3c(Cl)nc(Cl)nc3cc2OC)CC1. The first kappa shape index (κ1) is 15.6. The number of hydrogen-bond donors (Lipinski definition) is 0. The normalized spacial score (nSPS) is 16.3. The molecule has 0 unspecified atom stereocenters. The highest BCUT2D eigenvalue weighted by molar-refractivity contribution is 6.35. The zero-order chi connectivity index (χ0) is 15.7. The van der Waals surface area contributed by atoms with Gasteiger partial charge in [0.2, 0.25) is 5.28 Å². The summed E-state index contributed by atoms with van der Waals surface area (Å²) in [4.78, 5) is 13.0. The summed E-state index contributed by atoms with van der Waals surface area (Å²) in [5.74, 6) is 0.781. The number of nitrogens with zero attached hydrogens (tertiary/aromatic N) is 4. The number of fused-ring (bicyclic) bond motifs is 1. The second-order valence-electron chi connectivity index (χ2n) is 5.25. The number of halogens is 2. The Hall–Kier alpha value is -1.30. The molecule has 22 heavy (non-hydrogen) atoms. The van der Waals surface area contributed by atoms with E-state index in [0.717, 1.165) is 49.5 Å². The van der Waals surface area contributed by atoms with Crippen molar-refractivity contribution in [2.75, 3.05) is 44.7 Å². The highest BCUT2D eigenvalue weighted by Crippen LogP contribution is 2.35. The number of methoxy groups -OCH3 is 1. The molecule has 0 atom stereocenters. The molecule has 7 heteroatoms. The molecule has 1 saturated heterocycles. The van der Waals surface area contributed by atoms with E-state index in [-0.39, 0.29) is 5.28 Å². The predicted octanol–water partition coefficient (Wildman–Crippen LogP) is 3.09. The van der Waals surface area contributed by atoms with E-state index in [0.29, 0.717) is 10.7 Å². The maximum Gasteiger partial charge on any atom is 0.224 e. The molecule has 0 bridgehead atoms. The van der Waals surface area contributed by atoms with Crippen molar-refractivity contribution in [1.29, 1.82) is 0 Å². The fourth-order valence-corrected chi connectivity index (χ4v) is 3.25. The van der Waals surface area contributed by atoms with E-state index in [1.165, 1.54) is 0 Å². The molecule has 0 N–H and O–H groups in total. The lowest BCUT2D eigenvalue weighted by Gasteiger charge is -2.36. The van der Waals surface area contributed by atoms with Crippen LogP contribution in [0.5, 0.6) is 5.75 Å². The van der Waals surface area contributed by atoms with Gasteiger partial charge in [-0.15, -0.1) is 0 Å². The Kier molecular flexibility index (Phi) is 4.57. The van der Waals surface area contributed by atoms with Crippen molar-refractivity contribution < 1.29 is 4.74 Å². The summed E-state index contributed by atoms with van der Waals surface area (Å²) in [7, 11) is 1.66. The summed E-state index contributed by atoms with van der Waals surface area (Å²) in [5, 5.41) is 1.30. The van der Waals surface area contributed by atoms with Crippen molar-refractivity contribution in [1.82, 2.24) is 14.9 Å². The van der Waals surface area contributed by atoms with E-state index >= 15 is 0 Å². The number of hydrogen-bond acceptors (Lipinski definition) is 5. The minimum absolute atomic E-state index is 0.142. The van der Waals surface area contributed by atoms with Crippen molar-refractivity contribution in [3.8, 4) is 5.75 Å². The van der Waals surface area contributed by atoms with Crippen LogP contribution in [0.25, 0.3) is 10.9 Å². The molecule has 0 saturated carbocycles. The second-order valence-corrected chi connectivity index (χ2v) is 5.94. The van der Waals surface area contributed by atoms with Gasteiger partial charge in [-0.25, -0.2) is 9.97 Å². The van der Waals surface area contributed by atoms with E-state index in [1.54, 1.807) is 7.11 Å². The van der Waals surface area contributed by atoms with Crippen molar-refractivity contribution in [2.24, 2.45) is 0 Å². The van der Waals surface area contributed by atoms with Gasteiger partial charge < -0.3 is 14.5 Å². The van der Waals surface area contributed by atoms with Gasteiger partial charge in [-0.3, -0.25) is 0 Å². The molecule has 118 valence electrons. The Morgan fingerprint density at radius 1 is 1.14 bits per heavy atom. The number of ether oxygens (including phenoxy) is 1. The Morgan fingerprint density at radius 2 is 1.86 bits per heavy atom. The first-order valence-corrected chi connectivity index (χ1v) is 8.06. The van der Waals surface area contributed by atoms with E-state index < -0.39 is 0 Å². The van der Waals surface area contributed by atoms with Crippen LogP contribution in [0.4, 0.5) is 5.69 Å². The van der Waals surface area contributed by atoms with Gasteiger partial charge in [0.1, 0.15) is 10.9 Å². The fraction of sp³-hybridized carbons (Fsp3) is 0.467. The molecule has 5 nitrogen and oxygen atoms in total. The topological polar surface area (TPSA) is 41.5 Å². The van der Waals surface area contributed by atoms with Crippen LogP contribution in [0, 0.1) is 0 Å². The third-order valence-electron chi connectivity index (χ3n) is 4.08. The number of benzene rings is 1. The lowest BCUT2D eigenvalue weighted by atomic mass is 10.1. The lowest BCUT2D eigenvalue weighted by molar-refractivity contribution is 0.270. The number of piperazine rings is 1. The van der Waals surface area contributed by atoms with E-state index in [2.05, 4.69) is 26.7 Å². The molecule has 1 aliphatic rings. The summed E-state index contributed by atoms with van der Waals surface area (Å²) in [6.07, 6.45) is 0. The Bertz CT molecular complexity index is 687. The van der Waals surface area contributed by atoms with E-state index in [9.17, 15) is 0 Å². The highest BCUT2D eigenvalue weighted by atomic mass is 35.5. The predicted molar refractivity (Wildman–Crippen MR) is 90.4 cm³/mol. The van der Waals surface area contributed by atoms with Gasteiger partial charge in [-0.1, -0.05) is 18.5 Å². The number of anilines is 1. The van der Waals surface area contributed by atoms with Gasteiger partial charge in [-0.05, 0) is 24.2 Å². The van der Waals surface area contributed by atoms with Crippen LogP contribution < -0.4 is 9.64 Å². The maximum atomic E-state index is 6.21. The number of likely N-dealkylation sites (N-methyl/N-ethyl adjacent to an activating group) is 1. The molecule has 0 amide bonds. The van der Waals surface area contributed by atoms with Crippen LogP contribution in [0.15, 0.2) is 12.1 Å². The van der Waals surface area contributed by atoms with Crippen molar-refractivity contribution in [3.05, 3.63) is 22.6 Å². The van der Waals surface area contributed by atoms with Gasteiger partial charge >= 0.3 is 0 Å². The van der Waals surface area contributed by atoms with Gasteiger partial charge in [-0.2, -0.15) is 0 Å². The smallest absolute Gasteiger partial charge is 0.224 e. The van der Waals surface area contributed by atoms with Crippen LogP contribution >= 0.6 is 23.2 Å². The fourth-order valence-electron chi connectivity index (χ4n) is 2.80. The summed E-state index contributed by atoms with van der Waals surface area (Å²) in [5.41, 5.74) is 1.72. The van der Waals surface area contributed by atoms with Crippen molar-refractivity contribution in [3.63, 3.8) is 0 Å². The van der Waals surface area contributed by atoms with Crippen molar-refractivity contribution in [2.45, 2.75) is 6.92 Å². The molecular formula is C15H18Cl2N4O. The molecule has 1 aromatic carbocycles. The Balaban J connectivity index is 2.01. The molecule has 1 aliphatic heterocycles. The number of aromatic nitrogens is 2. The standard InChI is InChI=1S/C15H18Cl2N4O/c1-3-20-4-6-21(7-5-20)12-8-10-11(9-13(12)22-2)18-15(17)19-14(10)16/h8-9H,3-7H2,1-2H3.